The van der Waals surface area contributed by atoms with Crippen molar-refractivity contribution in [3.63, 3.8) is 0 Å². The summed E-state index contributed by atoms with van der Waals surface area (Å²) in [5.41, 5.74) is 13.0. The summed E-state index contributed by atoms with van der Waals surface area (Å²) < 4.78 is 0. The number of aliphatic hydroxyl groups excluding tert-OH is 1. The molecule has 0 amide bonds. The highest BCUT2D eigenvalue weighted by atomic mass is 32.1. The Labute approximate surface area is 189 Å². The molecule has 0 aliphatic rings. The molecule has 1 unspecified atom stereocenters. The molecule has 1 atom stereocenters. The van der Waals surface area contributed by atoms with Gasteiger partial charge in [0.1, 0.15) is 11.1 Å². The van der Waals surface area contributed by atoms with E-state index in [-0.39, 0.29) is 0 Å². The van der Waals surface area contributed by atoms with E-state index in [2.05, 4.69) is 56.9 Å². The molecule has 0 aliphatic carbocycles. The van der Waals surface area contributed by atoms with Crippen molar-refractivity contribution in [3.8, 4) is 11.1 Å². The molecule has 32 heavy (non-hydrogen) atoms. The maximum absolute atomic E-state index is 10.7. The Morgan fingerprint density at radius 1 is 1.03 bits per heavy atom. The van der Waals surface area contributed by atoms with E-state index >= 15 is 0 Å². The zero-order chi connectivity index (χ0) is 22.2. The van der Waals surface area contributed by atoms with E-state index in [1.165, 1.54) is 11.3 Å². The van der Waals surface area contributed by atoms with E-state index in [4.69, 9.17) is 5.73 Å². The van der Waals surface area contributed by atoms with Gasteiger partial charge in [0.05, 0.1) is 21.8 Å². The molecule has 2 aromatic carbocycles. The van der Waals surface area contributed by atoms with Crippen LogP contribution in [0.3, 0.4) is 0 Å². The van der Waals surface area contributed by atoms with Crippen LogP contribution in [-0.4, -0.2) is 20.3 Å². The summed E-state index contributed by atoms with van der Waals surface area (Å²) in [6.07, 6.45) is 1.02. The van der Waals surface area contributed by atoms with Crippen molar-refractivity contribution in [2.24, 2.45) is 0 Å². The zero-order valence-electron chi connectivity index (χ0n) is 17.8. The summed E-state index contributed by atoms with van der Waals surface area (Å²) in [6, 6.07) is 18.5. The lowest BCUT2D eigenvalue weighted by molar-refractivity contribution is 0.141. The van der Waals surface area contributed by atoms with Gasteiger partial charge in [0.25, 0.3) is 0 Å². The number of nitrogen functional groups attached to an aromatic ring is 1. The first-order valence-corrected chi connectivity index (χ1v) is 11.2. The lowest BCUT2D eigenvalue weighted by Crippen LogP contribution is -2.20. The van der Waals surface area contributed by atoms with E-state index < -0.39 is 6.23 Å². The van der Waals surface area contributed by atoms with Crippen LogP contribution in [0.15, 0.2) is 60.8 Å². The summed E-state index contributed by atoms with van der Waals surface area (Å²) >= 11 is 1.37. The average molecular weight is 442 g/mol. The molecular formula is C25H23N5OS. The maximum Gasteiger partial charge on any atom is 0.148 e. The Bertz CT molecular complexity index is 1430. The number of hydrogen-bond acceptors (Lipinski definition) is 7. The molecule has 0 spiro atoms. The molecule has 3 aromatic heterocycles. The lowest BCUT2D eigenvalue weighted by Gasteiger charge is -2.13. The first-order chi connectivity index (χ1) is 15.5. The first kappa shape index (κ1) is 20.5. The molecule has 0 radical (unpaired) electrons. The minimum atomic E-state index is -0.877. The van der Waals surface area contributed by atoms with Gasteiger partial charge in [-0.25, -0.2) is 0 Å². The van der Waals surface area contributed by atoms with Gasteiger partial charge in [-0.3, -0.25) is 10.3 Å². The van der Waals surface area contributed by atoms with Crippen LogP contribution in [-0.2, 0) is 6.54 Å². The lowest BCUT2D eigenvalue weighted by atomic mass is 10.0. The highest BCUT2D eigenvalue weighted by Crippen LogP contribution is 2.37. The third-order valence-corrected chi connectivity index (χ3v) is 6.93. The number of nitrogens with zero attached hydrogens (tertiary/aromatic N) is 3. The smallest absolute Gasteiger partial charge is 0.148 e. The van der Waals surface area contributed by atoms with Crippen molar-refractivity contribution in [3.05, 3.63) is 82.5 Å². The number of nitrogens with two attached hydrogens (primary N) is 1. The van der Waals surface area contributed by atoms with Crippen molar-refractivity contribution < 1.29 is 5.11 Å². The van der Waals surface area contributed by atoms with Crippen molar-refractivity contribution in [1.82, 2.24) is 20.5 Å². The number of aliphatic hydroxyl groups is 1. The highest BCUT2D eigenvalue weighted by molar-refractivity contribution is 7.19. The third-order valence-electron chi connectivity index (χ3n) is 5.79. The van der Waals surface area contributed by atoms with E-state index in [0.29, 0.717) is 17.1 Å². The van der Waals surface area contributed by atoms with Gasteiger partial charge in [0.15, 0.2) is 0 Å². The van der Waals surface area contributed by atoms with Gasteiger partial charge < -0.3 is 10.8 Å². The molecule has 7 heteroatoms. The minimum Gasteiger partial charge on any atom is -0.397 e. The Morgan fingerprint density at radius 3 is 2.62 bits per heavy atom. The molecule has 0 bridgehead atoms. The topological polar surface area (TPSA) is 97.0 Å². The van der Waals surface area contributed by atoms with Crippen LogP contribution in [0.1, 0.15) is 27.9 Å². The standard InChI is InChI=1S/C25H23N5OS/c1-14-15(2)29-30-25-21(14)22(26)23(32-25)24(31)28-12-16-7-9-17(10-8-16)19-11-18-5-3-4-6-20(18)27-13-19/h3-11,13,24,28,31H,12,26H2,1-2H3. The normalized spacial score (nSPS) is 12.5. The van der Waals surface area contributed by atoms with Gasteiger partial charge in [-0.2, -0.15) is 5.10 Å². The monoisotopic (exact) mass is 441 g/mol. The van der Waals surface area contributed by atoms with Crippen molar-refractivity contribution in [2.75, 3.05) is 5.73 Å². The molecule has 5 rings (SSSR count). The molecule has 0 fully saturated rings. The molecule has 3 heterocycles. The van der Waals surface area contributed by atoms with Crippen molar-refractivity contribution in [1.29, 1.82) is 0 Å². The quantitative estimate of drug-likeness (QED) is 0.336. The third kappa shape index (κ3) is 3.71. The Kier molecular flexibility index (Phi) is 5.30. The fraction of sp³-hybridized carbons (Fsp3) is 0.160. The predicted octanol–water partition coefficient (Wildman–Crippen LogP) is 4.89. The van der Waals surface area contributed by atoms with Crippen LogP contribution in [0.25, 0.3) is 32.2 Å². The Morgan fingerprint density at radius 2 is 1.81 bits per heavy atom. The predicted molar refractivity (Wildman–Crippen MR) is 130 cm³/mol. The summed E-state index contributed by atoms with van der Waals surface area (Å²) in [7, 11) is 0. The Hall–Kier alpha value is -3.39. The van der Waals surface area contributed by atoms with E-state index in [1.807, 2.05) is 38.2 Å². The van der Waals surface area contributed by atoms with Crippen LogP contribution >= 0.6 is 11.3 Å². The number of aromatic nitrogens is 3. The Balaban J connectivity index is 1.31. The van der Waals surface area contributed by atoms with Gasteiger partial charge in [0.2, 0.25) is 0 Å². The van der Waals surface area contributed by atoms with Gasteiger partial charge in [-0.1, -0.05) is 42.5 Å². The SMILES string of the molecule is Cc1nnc2sc(C(O)NCc3ccc(-c4cnc5ccccc5c4)cc3)c(N)c2c1C. The fourth-order valence-electron chi connectivity index (χ4n) is 3.81. The molecule has 0 saturated carbocycles. The van der Waals surface area contributed by atoms with Gasteiger partial charge in [-0.15, -0.1) is 16.4 Å². The number of para-hydroxylation sites is 1. The van der Waals surface area contributed by atoms with Crippen molar-refractivity contribution >= 4 is 38.1 Å². The molecule has 0 saturated heterocycles. The average Bonchev–Trinajstić information content (AvgIpc) is 3.17. The second-order valence-corrected chi connectivity index (χ2v) is 8.90. The molecule has 4 N–H and O–H groups in total. The number of anilines is 1. The first-order valence-electron chi connectivity index (χ1n) is 10.4. The van der Waals surface area contributed by atoms with Crippen LogP contribution in [0.4, 0.5) is 5.69 Å². The number of pyridine rings is 1. The second-order valence-electron chi connectivity index (χ2n) is 7.87. The van der Waals surface area contributed by atoms with E-state index in [0.717, 1.165) is 49.1 Å². The van der Waals surface area contributed by atoms with Crippen LogP contribution in [0, 0.1) is 13.8 Å². The maximum atomic E-state index is 10.7. The van der Waals surface area contributed by atoms with Crippen LogP contribution < -0.4 is 11.1 Å². The number of benzene rings is 2. The number of rotatable bonds is 5. The molecule has 0 aliphatic heterocycles. The summed E-state index contributed by atoms with van der Waals surface area (Å²) in [5, 5.41) is 24.3. The zero-order valence-corrected chi connectivity index (χ0v) is 18.6. The number of hydrogen-bond donors (Lipinski definition) is 3. The molecule has 160 valence electrons. The van der Waals surface area contributed by atoms with Crippen molar-refractivity contribution in [2.45, 2.75) is 26.6 Å². The van der Waals surface area contributed by atoms with Gasteiger partial charge in [-0.05, 0) is 42.7 Å². The fourth-order valence-corrected chi connectivity index (χ4v) is 4.87. The highest BCUT2D eigenvalue weighted by Gasteiger charge is 2.20. The number of nitrogens with one attached hydrogen (secondary N) is 1. The van der Waals surface area contributed by atoms with E-state index in [9.17, 15) is 5.11 Å². The van der Waals surface area contributed by atoms with Crippen LogP contribution in [0.5, 0.6) is 0 Å². The van der Waals surface area contributed by atoms with Gasteiger partial charge >= 0.3 is 0 Å². The number of thiophene rings is 1. The second kappa shape index (κ2) is 8.27. The summed E-state index contributed by atoms with van der Waals surface area (Å²) in [6.45, 7) is 4.39. The van der Waals surface area contributed by atoms with Crippen LogP contribution in [0.2, 0.25) is 0 Å². The number of aryl methyl sites for hydroxylation is 2. The number of fused-ring (bicyclic) bond motifs is 2. The summed E-state index contributed by atoms with van der Waals surface area (Å²) in [4.78, 5) is 5.96. The summed E-state index contributed by atoms with van der Waals surface area (Å²) in [5.74, 6) is 0. The molecular weight excluding hydrogens is 418 g/mol. The largest absolute Gasteiger partial charge is 0.397 e. The molecule has 6 nitrogen and oxygen atoms in total. The van der Waals surface area contributed by atoms with Gasteiger partial charge in [0, 0.05) is 29.1 Å². The van der Waals surface area contributed by atoms with E-state index in [1.54, 1.807) is 0 Å². The minimum absolute atomic E-state index is 0.509. The molecule has 5 aromatic rings.